The van der Waals surface area contributed by atoms with Crippen LogP contribution in [-0.4, -0.2) is 5.78 Å². The van der Waals surface area contributed by atoms with Gasteiger partial charge in [-0.2, -0.15) is 0 Å². The van der Waals surface area contributed by atoms with Gasteiger partial charge in [-0.25, -0.2) is 0 Å². The summed E-state index contributed by atoms with van der Waals surface area (Å²) < 4.78 is 0. The fourth-order valence-corrected chi connectivity index (χ4v) is 1.74. The molecule has 92 valence electrons. The molecule has 0 saturated carbocycles. The molecule has 0 aliphatic rings. The van der Waals surface area contributed by atoms with E-state index in [4.69, 9.17) is 6.42 Å². The van der Waals surface area contributed by atoms with E-state index in [1.165, 1.54) is 32.1 Å². The molecule has 0 N–H and O–H groups in total. The Morgan fingerprint density at radius 1 is 1.06 bits per heavy atom. The topological polar surface area (TPSA) is 17.1 Å². The van der Waals surface area contributed by atoms with E-state index in [9.17, 15) is 4.79 Å². The Balaban J connectivity index is 3.15. The van der Waals surface area contributed by atoms with Crippen LogP contribution in [0.5, 0.6) is 0 Å². The summed E-state index contributed by atoms with van der Waals surface area (Å²) in [6.45, 7) is 4.54. The highest BCUT2D eigenvalue weighted by molar-refractivity contribution is 5.78. The zero-order valence-corrected chi connectivity index (χ0v) is 10.9. The van der Waals surface area contributed by atoms with Gasteiger partial charge in [0.25, 0.3) is 0 Å². The minimum Gasteiger partial charge on any atom is -0.300 e. The van der Waals surface area contributed by atoms with Crippen molar-refractivity contribution in [3.05, 3.63) is 0 Å². The minimum atomic E-state index is 0.333. The SMILES string of the molecule is C#CCCC(=O)CCCCCCCC(C)C. The van der Waals surface area contributed by atoms with Crippen LogP contribution >= 0.6 is 0 Å². The number of unbranched alkanes of at least 4 members (excludes halogenated alkanes) is 4. The van der Waals surface area contributed by atoms with E-state index in [1.807, 2.05) is 0 Å². The highest BCUT2D eigenvalue weighted by Crippen LogP contribution is 2.11. The van der Waals surface area contributed by atoms with Crippen LogP contribution in [0.2, 0.25) is 0 Å². The zero-order chi connectivity index (χ0) is 12.2. The van der Waals surface area contributed by atoms with Crippen LogP contribution in [0, 0.1) is 18.3 Å². The average molecular weight is 222 g/mol. The normalized spacial score (nSPS) is 10.4. The first-order valence-corrected chi connectivity index (χ1v) is 6.62. The van der Waals surface area contributed by atoms with Crippen LogP contribution in [-0.2, 0) is 4.79 Å². The number of carbonyl (C=O) groups is 1. The second-order valence-corrected chi connectivity index (χ2v) is 4.94. The van der Waals surface area contributed by atoms with Crippen molar-refractivity contribution in [1.29, 1.82) is 0 Å². The predicted octanol–water partition coefficient (Wildman–Crippen LogP) is 4.36. The summed E-state index contributed by atoms with van der Waals surface area (Å²) in [6.07, 6.45) is 14.5. The molecule has 0 saturated heterocycles. The third-order valence-corrected chi connectivity index (χ3v) is 2.79. The molecule has 0 rings (SSSR count). The summed E-state index contributed by atoms with van der Waals surface area (Å²) in [7, 11) is 0. The number of carbonyl (C=O) groups excluding carboxylic acids is 1. The van der Waals surface area contributed by atoms with Gasteiger partial charge < -0.3 is 0 Å². The molecule has 0 amide bonds. The van der Waals surface area contributed by atoms with Crippen LogP contribution in [0.3, 0.4) is 0 Å². The second kappa shape index (κ2) is 10.7. The monoisotopic (exact) mass is 222 g/mol. The molecule has 0 fully saturated rings. The van der Waals surface area contributed by atoms with E-state index in [2.05, 4.69) is 19.8 Å². The molecule has 0 aliphatic carbocycles. The van der Waals surface area contributed by atoms with E-state index in [-0.39, 0.29) is 0 Å². The van der Waals surface area contributed by atoms with Crippen molar-refractivity contribution in [3.63, 3.8) is 0 Å². The zero-order valence-electron chi connectivity index (χ0n) is 10.9. The van der Waals surface area contributed by atoms with E-state index >= 15 is 0 Å². The molecule has 0 aromatic carbocycles. The van der Waals surface area contributed by atoms with Gasteiger partial charge in [-0.15, -0.1) is 12.3 Å². The van der Waals surface area contributed by atoms with Gasteiger partial charge in [-0.05, 0) is 12.3 Å². The molecule has 0 bridgehead atoms. The first-order valence-electron chi connectivity index (χ1n) is 6.62. The lowest BCUT2D eigenvalue weighted by Crippen LogP contribution is -1.96. The van der Waals surface area contributed by atoms with Crippen LogP contribution in [0.1, 0.15) is 71.6 Å². The summed E-state index contributed by atoms with van der Waals surface area (Å²) in [5.41, 5.74) is 0. The molecule has 0 atom stereocenters. The van der Waals surface area contributed by atoms with Crippen LogP contribution in [0.4, 0.5) is 0 Å². The molecule has 16 heavy (non-hydrogen) atoms. The molecule has 0 aromatic rings. The van der Waals surface area contributed by atoms with Crippen molar-refractivity contribution < 1.29 is 4.79 Å². The second-order valence-electron chi connectivity index (χ2n) is 4.94. The molecule has 1 nitrogen and oxygen atoms in total. The Labute approximate surface area is 101 Å². The molecular weight excluding hydrogens is 196 g/mol. The first kappa shape index (κ1) is 15.2. The van der Waals surface area contributed by atoms with Crippen LogP contribution < -0.4 is 0 Å². The summed E-state index contributed by atoms with van der Waals surface area (Å²) >= 11 is 0. The van der Waals surface area contributed by atoms with Gasteiger partial charge in [0.05, 0.1) is 0 Å². The maximum Gasteiger partial charge on any atom is 0.133 e. The predicted molar refractivity (Wildman–Crippen MR) is 70.2 cm³/mol. The molecule has 0 aromatic heterocycles. The minimum absolute atomic E-state index is 0.333. The highest BCUT2D eigenvalue weighted by Gasteiger charge is 2.00. The van der Waals surface area contributed by atoms with E-state index in [0.717, 1.165) is 18.8 Å². The van der Waals surface area contributed by atoms with Crippen molar-refractivity contribution >= 4 is 5.78 Å². The molecule has 0 heterocycles. The van der Waals surface area contributed by atoms with Gasteiger partial charge in [0, 0.05) is 19.3 Å². The quantitative estimate of drug-likeness (QED) is 0.396. The number of hydrogen-bond acceptors (Lipinski definition) is 1. The number of rotatable bonds is 10. The van der Waals surface area contributed by atoms with Gasteiger partial charge in [0.1, 0.15) is 5.78 Å². The molecule has 0 radical (unpaired) electrons. The number of hydrogen-bond donors (Lipinski definition) is 0. The fourth-order valence-electron chi connectivity index (χ4n) is 1.74. The van der Waals surface area contributed by atoms with Gasteiger partial charge in [0.15, 0.2) is 0 Å². The maximum atomic E-state index is 11.3. The van der Waals surface area contributed by atoms with Gasteiger partial charge >= 0.3 is 0 Å². The Morgan fingerprint density at radius 3 is 2.31 bits per heavy atom. The van der Waals surface area contributed by atoms with E-state index in [1.54, 1.807) is 0 Å². The smallest absolute Gasteiger partial charge is 0.133 e. The Hall–Kier alpha value is -0.770. The average Bonchev–Trinajstić information content (AvgIpc) is 2.24. The summed E-state index contributed by atoms with van der Waals surface area (Å²) in [5, 5.41) is 0. The highest BCUT2D eigenvalue weighted by atomic mass is 16.1. The van der Waals surface area contributed by atoms with Crippen molar-refractivity contribution in [3.8, 4) is 12.3 Å². The van der Waals surface area contributed by atoms with Gasteiger partial charge in [0.2, 0.25) is 0 Å². The van der Waals surface area contributed by atoms with Gasteiger partial charge in [-0.3, -0.25) is 4.79 Å². The Kier molecular flexibility index (Phi) is 10.2. The van der Waals surface area contributed by atoms with Gasteiger partial charge in [-0.1, -0.05) is 46.0 Å². The third kappa shape index (κ3) is 11.3. The summed E-state index contributed by atoms with van der Waals surface area (Å²) in [5.74, 6) is 3.66. The summed E-state index contributed by atoms with van der Waals surface area (Å²) in [6, 6.07) is 0. The van der Waals surface area contributed by atoms with Crippen molar-refractivity contribution in [2.24, 2.45) is 5.92 Å². The Bertz CT molecular complexity index is 210. The molecule has 0 spiro atoms. The molecule has 1 heteroatoms. The molecular formula is C15H26O. The molecule has 0 unspecified atom stereocenters. The van der Waals surface area contributed by atoms with E-state index in [0.29, 0.717) is 18.6 Å². The Morgan fingerprint density at radius 2 is 1.69 bits per heavy atom. The largest absolute Gasteiger partial charge is 0.300 e. The fraction of sp³-hybridized carbons (Fsp3) is 0.800. The van der Waals surface area contributed by atoms with Crippen LogP contribution in [0.25, 0.3) is 0 Å². The summed E-state index contributed by atoms with van der Waals surface area (Å²) in [4.78, 5) is 11.3. The van der Waals surface area contributed by atoms with Crippen molar-refractivity contribution in [2.45, 2.75) is 71.6 Å². The standard InChI is InChI=1S/C15H26O/c1-4-5-12-15(16)13-10-8-6-7-9-11-14(2)3/h1,14H,5-13H2,2-3H3. The maximum absolute atomic E-state index is 11.3. The van der Waals surface area contributed by atoms with Crippen molar-refractivity contribution in [1.82, 2.24) is 0 Å². The van der Waals surface area contributed by atoms with E-state index < -0.39 is 0 Å². The number of terminal acetylenes is 1. The number of Topliss-reactive ketones (excluding diaryl/α,β-unsaturated/α-hetero) is 1. The lowest BCUT2D eigenvalue weighted by atomic mass is 10.0. The lowest BCUT2D eigenvalue weighted by molar-refractivity contribution is -0.119. The lowest BCUT2D eigenvalue weighted by Gasteiger charge is -2.04. The number of ketones is 1. The van der Waals surface area contributed by atoms with Crippen LogP contribution in [0.15, 0.2) is 0 Å². The first-order chi connectivity index (χ1) is 7.66. The van der Waals surface area contributed by atoms with Crippen molar-refractivity contribution in [2.75, 3.05) is 0 Å². The molecule has 0 aliphatic heterocycles. The third-order valence-electron chi connectivity index (χ3n) is 2.79.